The molecule has 0 spiro atoms. The molecule has 2 aromatic rings. The van der Waals surface area contributed by atoms with E-state index in [1.165, 1.54) is 4.90 Å². The minimum absolute atomic E-state index is 0.252. The predicted octanol–water partition coefficient (Wildman–Crippen LogP) is 3.53. The van der Waals surface area contributed by atoms with Crippen LogP contribution in [0.15, 0.2) is 54.6 Å². The van der Waals surface area contributed by atoms with Gasteiger partial charge in [0, 0.05) is 12.1 Å². The van der Waals surface area contributed by atoms with Crippen LogP contribution in [0.3, 0.4) is 0 Å². The van der Waals surface area contributed by atoms with Gasteiger partial charge in [0.1, 0.15) is 12.6 Å². The second kappa shape index (κ2) is 11.5. The monoisotopic (exact) mass is 487 g/mol. The Kier molecular flexibility index (Phi) is 9.27. The second-order valence-corrected chi connectivity index (χ2v) is 11.5. The highest BCUT2D eigenvalue weighted by molar-refractivity contribution is 7.92. The maximum absolute atomic E-state index is 13.6. The molecule has 0 aromatic heterocycles. The Morgan fingerprint density at radius 2 is 1.59 bits per heavy atom. The van der Waals surface area contributed by atoms with Crippen LogP contribution in [-0.2, 0) is 26.0 Å². The fourth-order valence-electron chi connectivity index (χ4n) is 3.67. The van der Waals surface area contributed by atoms with Gasteiger partial charge in [-0.15, -0.1) is 0 Å². The molecule has 0 fully saturated rings. The summed E-state index contributed by atoms with van der Waals surface area (Å²) in [5.41, 5.74) is 1.97. The fraction of sp³-hybridized carbons (Fsp3) is 0.462. The van der Waals surface area contributed by atoms with Crippen LogP contribution in [0.2, 0.25) is 0 Å². The summed E-state index contributed by atoms with van der Waals surface area (Å²) in [5.74, 6) is -0.671. The average molecular weight is 488 g/mol. The summed E-state index contributed by atoms with van der Waals surface area (Å²) in [7, 11) is -3.72. The molecular weight excluding hydrogens is 450 g/mol. The largest absolute Gasteiger partial charge is 0.350 e. The average Bonchev–Trinajstić information content (AvgIpc) is 2.74. The number of amides is 2. The summed E-state index contributed by atoms with van der Waals surface area (Å²) in [6, 6.07) is 16.0. The van der Waals surface area contributed by atoms with Crippen molar-refractivity contribution < 1.29 is 18.0 Å². The number of carbonyl (C=O) groups is 2. The number of hydrogen-bond donors (Lipinski definition) is 1. The van der Waals surface area contributed by atoms with Crippen molar-refractivity contribution in [2.75, 3.05) is 23.7 Å². The lowest BCUT2D eigenvalue weighted by molar-refractivity contribution is -0.140. The van der Waals surface area contributed by atoms with Gasteiger partial charge in [-0.05, 0) is 58.2 Å². The molecule has 0 bridgehead atoms. The third-order valence-corrected chi connectivity index (χ3v) is 6.51. The number of nitrogens with zero attached hydrogens (tertiary/aromatic N) is 2. The van der Waals surface area contributed by atoms with Gasteiger partial charge in [-0.2, -0.15) is 0 Å². The molecule has 0 saturated carbocycles. The van der Waals surface area contributed by atoms with Crippen LogP contribution in [0, 0.1) is 6.92 Å². The minimum Gasteiger partial charge on any atom is -0.350 e. The van der Waals surface area contributed by atoms with E-state index < -0.39 is 27.5 Å². The molecule has 34 heavy (non-hydrogen) atoms. The molecule has 0 aliphatic carbocycles. The highest BCUT2D eigenvalue weighted by Crippen LogP contribution is 2.20. The van der Waals surface area contributed by atoms with Crippen molar-refractivity contribution in [1.29, 1.82) is 0 Å². The smallest absolute Gasteiger partial charge is 0.244 e. The molecule has 2 aromatic carbocycles. The summed E-state index contributed by atoms with van der Waals surface area (Å²) in [6.45, 7) is 9.33. The molecule has 8 heteroatoms. The van der Waals surface area contributed by atoms with E-state index in [-0.39, 0.29) is 12.5 Å². The zero-order valence-corrected chi connectivity index (χ0v) is 21.9. The van der Waals surface area contributed by atoms with Crippen LogP contribution >= 0.6 is 0 Å². The van der Waals surface area contributed by atoms with E-state index in [9.17, 15) is 18.0 Å². The number of rotatable bonds is 10. The van der Waals surface area contributed by atoms with Crippen molar-refractivity contribution in [2.24, 2.45) is 0 Å². The van der Waals surface area contributed by atoms with E-state index in [0.717, 1.165) is 21.7 Å². The van der Waals surface area contributed by atoms with E-state index >= 15 is 0 Å². The lowest BCUT2D eigenvalue weighted by Gasteiger charge is -2.34. The molecule has 1 atom stereocenters. The zero-order valence-electron chi connectivity index (χ0n) is 21.0. The number of benzene rings is 2. The van der Waals surface area contributed by atoms with Crippen molar-refractivity contribution in [2.45, 2.75) is 59.0 Å². The Labute approximate surface area is 204 Å². The van der Waals surface area contributed by atoms with Gasteiger partial charge in [-0.1, -0.05) is 55.0 Å². The van der Waals surface area contributed by atoms with Gasteiger partial charge in [-0.25, -0.2) is 8.42 Å². The first kappa shape index (κ1) is 27.4. The minimum atomic E-state index is -3.72. The summed E-state index contributed by atoms with van der Waals surface area (Å²) < 4.78 is 26.3. The lowest BCUT2D eigenvalue weighted by Crippen LogP contribution is -2.56. The molecule has 2 rings (SSSR count). The molecule has 0 radical (unpaired) electrons. The molecule has 7 nitrogen and oxygen atoms in total. The van der Waals surface area contributed by atoms with E-state index in [4.69, 9.17) is 0 Å². The number of aryl methyl sites for hydroxylation is 1. The van der Waals surface area contributed by atoms with Crippen LogP contribution < -0.4 is 9.62 Å². The number of carbonyl (C=O) groups excluding carboxylic acids is 2. The van der Waals surface area contributed by atoms with Crippen LogP contribution in [0.1, 0.15) is 45.2 Å². The summed E-state index contributed by atoms with van der Waals surface area (Å²) in [6.07, 6.45) is 2.04. The van der Waals surface area contributed by atoms with E-state index in [0.29, 0.717) is 25.1 Å². The maximum atomic E-state index is 13.6. The lowest BCUT2D eigenvalue weighted by atomic mass is 10.1. The fourth-order valence-corrected chi connectivity index (χ4v) is 4.52. The van der Waals surface area contributed by atoms with Gasteiger partial charge in [0.25, 0.3) is 0 Å². The van der Waals surface area contributed by atoms with Gasteiger partial charge in [-0.3, -0.25) is 13.9 Å². The van der Waals surface area contributed by atoms with Gasteiger partial charge in [0.2, 0.25) is 21.8 Å². The molecule has 0 aliphatic heterocycles. The zero-order chi connectivity index (χ0) is 25.5. The Morgan fingerprint density at radius 1 is 1.00 bits per heavy atom. The summed E-state index contributed by atoms with van der Waals surface area (Å²) >= 11 is 0. The summed E-state index contributed by atoms with van der Waals surface area (Å²) in [5, 5.41) is 2.96. The van der Waals surface area contributed by atoms with Gasteiger partial charge >= 0.3 is 0 Å². The van der Waals surface area contributed by atoms with Crippen molar-refractivity contribution in [3.63, 3.8) is 0 Å². The van der Waals surface area contributed by atoms with Crippen LogP contribution in [-0.4, -0.2) is 56.1 Å². The van der Waals surface area contributed by atoms with Crippen molar-refractivity contribution in [3.8, 4) is 0 Å². The standard InChI is InChI=1S/C26H37N3O4S/c1-7-23(25(31)27-26(3,4)5)28(18-17-21-11-9-8-10-12-21)24(30)19-29(34(6,32)33)22-15-13-20(2)14-16-22/h8-16,23H,7,17-19H2,1-6H3,(H,27,31). The van der Waals surface area contributed by atoms with Crippen molar-refractivity contribution in [3.05, 3.63) is 65.7 Å². The van der Waals surface area contributed by atoms with Gasteiger partial charge in [0.15, 0.2) is 0 Å². The Balaban J connectivity index is 2.36. The highest BCUT2D eigenvalue weighted by atomic mass is 32.2. The van der Waals surface area contributed by atoms with Crippen LogP contribution in [0.4, 0.5) is 5.69 Å². The molecule has 186 valence electrons. The van der Waals surface area contributed by atoms with Crippen molar-refractivity contribution >= 4 is 27.5 Å². The SMILES string of the molecule is CCC(C(=O)NC(C)(C)C)N(CCc1ccccc1)C(=O)CN(c1ccc(C)cc1)S(C)(=O)=O. The molecule has 1 unspecified atom stereocenters. The molecule has 1 N–H and O–H groups in total. The number of sulfonamides is 1. The van der Waals surface area contributed by atoms with Crippen molar-refractivity contribution in [1.82, 2.24) is 10.2 Å². The topological polar surface area (TPSA) is 86.8 Å². The second-order valence-electron chi connectivity index (χ2n) is 9.59. The normalized spacial score (nSPS) is 12.6. The first-order valence-corrected chi connectivity index (χ1v) is 13.4. The van der Waals surface area contributed by atoms with Gasteiger partial charge < -0.3 is 10.2 Å². The molecule has 0 aliphatic rings. The van der Waals surface area contributed by atoms with E-state index in [1.54, 1.807) is 24.3 Å². The highest BCUT2D eigenvalue weighted by Gasteiger charge is 2.32. The molecular formula is C26H37N3O4S. The van der Waals surface area contributed by atoms with Gasteiger partial charge in [0.05, 0.1) is 11.9 Å². The predicted molar refractivity (Wildman–Crippen MR) is 137 cm³/mol. The molecule has 2 amide bonds. The van der Waals surface area contributed by atoms with E-state index in [2.05, 4.69) is 5.32 Å². The Morgan fingerprint density at radius 3 is 2.09 bits per heavy atom. The van der Waals surface area contributed by atoms with Crippen LogP contribution in [0.5, 0.6) is 0 Å². The Hall–Kier alpha value is -2.87. The Bertz CT molecular complexity index is 1060. The van der Waals surface area contributed by atoms with E-state index in [1.807, 2.05) is 65.0 Å². The molecule has 0 saturated heterocycles. The number of hydrogen-bond acceptors (Lipinski definition) is 4. The third-order valence-electron chi connectivity index (χ3n) is 5.37. The quantitative estimate of drug-likeness (QED) is 0.556. The number of anilines is 1. The first-order chi connectivity index (χ1) is 15.8. The van der Waals surface area contributed by atoms with Crippen LogP contribution in [0.25, 0.3) is 0 Å². The molecule has 0 heterocycles. The number of nitrogens with one attached hydrogen (secondary N) is 1. The first-order valence-electron chi connectivity index (χ1n) is 11.5. The summed E-state index contributed by atoms with van der Waals surface area (Å²) in [4.78, 5) is 28.2. The maximum Gasteiger partial charge on any atom is 0.244 e. The third kappa shape index (κ3) is 8.17.